The molecule has 7 nitrogen and oxygen atoms in total. The molecule has 0 unspecified atom stereocenters. The quantitative estimate of drug-likeness (QED) is 0.562. The Hall–Kier alpha value is -3.30. The molecule has 0 saturated heterocycles. The van der Waals surface area contributed by atoms with Crippen molar-refractivity contribution in [3.8, 4) is 5.75 Å². The van der Waals surface area contributed by atoms with Gasteiger partial charge in [-0.05, 0) is 36.2 Å². The van der Waals surface area contributed by atoms with Crippen molar-refractivity contribution in [3.63, 3.8) is 0 Å². The molecule has 0 heterocycles. The van der Waals surface area contributed by atoms with E-state index in [0.717, 1.165) is 11.6 Å². The van der Waals surface area contributed by atoms with E-state index < -0.39 is 28.3 Å². The predicted molar refractivity (Wildman–Crippen MR) is 91.2 cm³/mol. The number of alkyl halides is 3. The minimum absolute atomic E-state index is 0.0641. The van der Waals surface area contributed by atoms with E-state index in [-0.39, 0.29) is 12.1 Å². The zero-order valence-corrected chi connectivity index (χ0v) is 14.2. The minimum Gasteiger partial charge on any atom is -0.497 e. The van der Waals surface area contributed by atoms with Gasteiger partial charge in [0.2, 0.25) is 5.91 Å². The van der Waals surface area contributed by atoms with Crippen molar-refractivity contribution in [2.75, 3.05) is 12.5 Å². The Balaban J connectivity index is 1.98. The first-order valence-electron chi connectivity index (χ1n) is 7.74. The summed E-state index contributed by atoms with van der Waals surface area (Å²) in [7, 11) is 1.52. The lowest BCUT2D eigenvalue weighted by molar-refractivity contribution is -0.384. The van der Waals surface area contributed by atoms with Gasteiger partial charge in [-0.25, -0.2) is 0 Å². The van der Waals surface area contributed by atoms with Crippen molar-refractivity contribution < 1.29 is 27.6 Å². The number of benzene rings is 2. The van der Waals surface area contributed by atoms with Crippen LogP contribution in [0.25, 0.3) is 0 Å². The van der Waals surface area contributed by atoms with Crippen molar-refractivity contribution in [1.29, 1.82) is 0 Å². The molecule has 0 aromatic heterocycles. The summed E-state index contributed by atoms with van der Waals surface area (Å²) >= 11 is 0. The second-order valence-corrected chi connectivity index (χ2v) is 5.51. The molecular weight excluding hydrogens is 367 g/mol. The van der Waals surface area contributed by atoms with Crippen LogP contribution in [0.4, 0.5) is 24.5 Å². The van der Waals surface area contributed by atoms with Gasteiger partial charge in [0.1, 0.15) is 11.4 Å². The number of nitrogens with one attached hydrogen (secondary N) is 2. The number of halogens is 3. The zero-order chi connectivity index (χ0) is 20.0. The highest BCUT2D eigenvalue weighted by Gasteiger charge is 2.33. The molecule has 2 N–H and O–H groups in total. The number of hydrazine groups is 1. The molecule has 1 amide bonds. The van der Waals surface area contributed by atoms with Gasteiger partial charge >= 0.3 is 6.18 Å². The summed E-state index contributed by atoms with van der Waals surface area (Å²) in [4.78, 5) is 21.9. The van der Waals surface area contributed by atoms with Crippen LogP contribution in [0.5, 0.6) is 5.75 Å². The molecule has 0 atom stereocenters. The number of rotatable bonds is 7. The van der Waals surface area contributed by atoms with Crippen LogP contribution < -0.4 is 15.6 Å². The van der Waals surface area contributed by atoms with Crippen molar-refractivity contribution >= 4 is 17.3 Å². The van der Waals surface area contributed by atoms with Gasteiger partial charge in [-0.3, -0.25) is 25.8 Å². The fourth-order valence-corrected chi connectivity index (χ4v) is 2.25. The fourth-order valence-electron chi connectivity index (χ4n) is 2.25. The molecule has 0 bridgehead atoms. The van der Waals surface area contributed by atoms with Gasteiger partial charge in [-0.1, -0.05) is 12.1 Å². The van der Waals surface area contributed by atoms with E-state index in [0.29, 0.717) is 24.3 Å². The van der Waals surface area contributed by atoms with Crippen molar-refractivity contribution in [3.05, 3.63) is 63.7 Å². The maximum absolute atomic E-state index is 12.7. The molecule has 0 radical (unpaired) electrons. The number of anilines is 1. The highest BCUT2D eigenvalue weighted by atomic mass is 19.4. The van der Waals surface area contributed by atoms with Crippen LogP contribution in [0.2, 0.25) is 0 Å². The summed E-state index contributed by atoms with van der Waals surface area (Å²) in [5, 5.41) is 11.0. The van der Waals surface area contributed by atoms with Gasteiger partial charge in [0.05, 0.1) is 17.6 Å². The molecule has 2 rings (SSSR count). The second-order valence-electron chi connectivity index (χ2n) is 5.51. The Morgan fingerprint density at radius 1 is 1.22 bits per heavy atom. The van der Waals surface area contributed by atoms with Crippen LogP contribution in [-0.4, -0.2) is 17.9 Å². The summed E-state index contributed by atoms with van der Waals surface area (Å²) in [6.07, 6.45) is -4.25. The average Bonchev–Trinajstić information content (AvgIpc) is 2.63. The van der Waals surface area contributed by atoms with Gasteiger partial charge in [0.15, 0.2) is 0 Å². The summed E-state index contributed by atoms with van der Waals surface area (Å²) in [5.41, 5.74) is 3.21. The molecule has 10 heteroatoms. The zero-order valence-electron chi connectivity index (χ0n) is 14.2. The molecule has 144 valence electrons. The predicted octanol–water partition coefficient (Wildman–Crippen LogP) is 3.70. The van der Waals surface area contributed by atoms with Crippen molar-refractivity contribution in [2.24, 2.45) is 0 Å². The first-order chi connectivity index (χ1) is 12.7. The van der Waals surface area contributed by atoms with Crippen LogP contribution in [0.3, 0.4) is 0 Å². The van der Waals surface area contributed by atoms with E-state index in [1.54, 1.807) is 18.2 Å². The van der Waals surface area contributed by atoms with E-state index >= 15 is 0 Å². The Morgan fingerprint density at radius 2 is 1.96 bits per heavy atom. The largest absolute Gasteiger partial charge is 0.497 e. The van der Waals surface area contributed by atoms with E-state index in [4.69, 9.17) is 4.74 Å². The molecule has 0 saturated carbocycles. The second kappa shape index (κ2) is 8.39. The normalized spacial score (nSPS) is 11.0. The molecule has 0 aliphatic rings. The highest BCUT2D eigenvalue weighted by Crippen LogP contribution is 2.34. The third-order valence-corrected chi connectivity index (χ3v) is 3.63. The monoisotopic (exact) mass is 383 g/mol. The fraction of sp³-hybridized carbons (Fsp3) is 0.235. The number of nitro benzene ring substituents is 1. The molecular formula is C17H16F3N3O4. The van der Waals surface area contributed by atoms with Gasteiger partial charge in [-0.15, -0.1) is 0 Å². The third kappa shape index (κ3) is 5.59. The summed E-state index contributed by atoms with van der Waals surface area (Å²) in [6.45, 7) is 0. The Labute approximate surface area is 152 Å². The third-order valence-electron chi connectivity index (χ3n) is 3.63. The van der Waals surface area contributed by atoms with Crippen LogP contribution >= 0.6 is 0 Å². The first-order valence-corrected chi connectivity index (χ1v) is 7.74. The van der Waals surface area contributed by atoms with Crippen molar-refractivity contribution in [2.45, 2.75) is 19.0 Å². The molecule has 27 heavy (non-hydrogen) atoms. The standard InChI is InChI=1S/C17H16F3N3O4/c1-27-13-4-2-3-11(9-13)5-8-16(24)22-21-14-7-6-12(17(18,19)20)10-15(14)23(25)26/h2-4,6-7,9-10,21H,5,8H2,1H3,(H,22,24). The average molecular weight is 383 g/mol. The first kappa shape index (κ1) is 20.0. The number of amides is 1. The lowest BCUT2D eigenvalue weighted by atomic mass is 10.1. The topological polar surface area (TPSA) is 93.5 Å². The van der Waals surface area contributed by atoms with Crippen LogP contribution in [0.15, 0.2) is 42.5 Å². The van der Waals surface area contributed by atoms with Gasteiger partial charge in [-0.2, -0.15) is 13.2 Å². The molecule has 0 fully saturated rings. The van der Waals surface area contributed by atoms with Crippen LogP contribution in [-0.2, 0) is 17.4 Å². The van der Waals surface area contributed by atoms with E-state index in [1.165, 1.54) is 7.11 Å². The maximum Gasteiger partial charge on any atom is 0.416 e. The number of aryl methyl sites for hydroxylation is 1. The van der Waals surface area contributed by atoms with E-state index in [1.807, 2.05) is 6.07 Å². The molecule has 0 aliphatic carbocycles. The number of carbonyl (C=O) groups excluding carboxylic acids is 1. The molecule has 0 spiro atoms. The Kier molecular flexibility index (Phi) is 6.22. The summed E-state index contributed by atoms with van der Waals surface area (Å²) in [5.74, 6) is 0.165. The Morgan fingerprint density at radius 3 is 2.59 bits per heavy atom. The van der Waals surface area contributed by atoms with E-state index in [9.17, 15) is 28.1 Å². The smallest absolute Gasteiger partial charge is 0.416 e. The molecule has 0 aliphatic heterocycles. The Bertz CT molecular complexity index is 840. The van der Waals surface area contributed by atoms with Crippen molar-refractivity contribution in [1.82, 2.24) is 5.43 Å². The molecule has 2 aromatic rings. The number of ether oxygens (including phenoxy) is 1. The lowest BCUT2D eigenvalue weighted by Crippen LogP contribution is -2.30. The number of nitrogens with zero attached hydrogens (tertiary/aromatic N) is 1. The number of carbonyl (C=O) groups is 1. The number of nitro groups is 1. The minimum atomic E-state index is -4.71. The number of hydrogen-bond donors (Lipinski definition) is 2. The SMILES string of the molecule is COc1cccc(CCC(=O)NNc2ccc(C(F)(F)F)cc2[N+](=O)[O-])c1. The van der Waals surface area contributed by atoms with Crippen LogP contribution in [0.1, 0.15) is 17.5 Å². The summed E-state index contributed by atoms with van der Waals surface area (Å²) < 4.78 is 43.1. The summed E-state index contributed by atoms with van der Waals surface area (Å²) in [6, 6.07) is 9.10. The van der Waals surface area contributed by atoms with Gasteiger partial charge in [0.25, 0.3) is 5.69 Å². The van der Waals surface area contributed by atoms with Crippen LogP contribution in [0, 0.1) is 10.1 Å². The maximum atomic E-state index is 12.7. The number of methoxy groups -OCH3 is 1. The van der Waals surface area contributed by atoms with Gasteiger partial charge in [0, 0.05) is 12.5 Å². The number of hydrogen-bond acceptors (Lipinski definition) is 5. The highest BCUT2D eigenvalue weighted by molar-refractivity contribution is 5.78. The van der Waals surface area contributed by atoms with Gasteiger partial charge < -0.3 is 4.74 Å². The van der Waals surface area contributed by atoms with E-state index in [2.05, 4.69) is 10.9 Å². The molecule has 2 aromatic carbocycles. The lowest BCUT2D eigenvalue weighted by Gasteiger charge is -2.11.